The minimum atomic E-state index is 0.107. The predicted molar refractivity (Wildman–Crippen MR) is 65.9 cm³/mol. The van der Waals surface area contributed by atoms with Crippen molar-refractivity contribution in [1.82, 2.24) is 4.90 Å². The summed E-state index contributed by atoms with van der Waals surface area (Å²) >= 11 is 0. The van der Waals surface area contributed by atoms with E-state index >= 15 is 0 Å². The molecule has 84 valence electrons. The van der Waals surface area contributed by atoms with E-state index in [4.69, 9.17) is 5.73 Å². The first-order valence-corrected chi connectivity index (χ1v) is 5.50. The van der Waals surface area contributed by atoms with Crippen LogP contribution in [0.2, 0.25) is 0 Å². The third kappa shape index (κ3) is 3.33. The lowest BCUT2D eigenvalue weighted by atomic mass is 9.92. The Kier molecular flexibility index (Phi) is 4.30. The van der Waals surface area contributed by atoms with Gasteiger partial charge in [-0.15, -0.1) is 0 Å². The van der Waals surface area contributed by atoms with Gasteiger partial charge in [-0.05, 0) is 39.4 Å². The minimum absolute atomic E-state index is 0.107. The van der Waals surface area contributed by atoms with E-state index in [2.05, 4.69) is 56.3 Å². The van der Waals surface area contributed by atoms with Crippen LogP contribution in [0.25, 0.3) is 0 Å². The van der Waals surface area contributed by atoms with Crippen LogP contribution in [-0.4, -0.2) is 31.1 Å². The van der Waals surface area contributed by atoms with Crippen LogP contribution < -0.4 is 5.73 Å². The molecule has 1 atom stereocenters. The van der Waals surface area contributed by atoms with E-state index in [1.54, 1.807) is 0 Å². The number of rotatable bonds is 5. The molecule has 15 heavy (non-hydrogen) atoms. The van der Waals surface area contributed by atoms with E-state index < -0.39 is 0 Å². The molecule has 0 aliphatic rings. The number of hydrogen-bond donors (Lipinski definition) is 1. The van der Waals surface area contributed by atoms with Crippen LogP contribution in [0.1, 0.15) is 18.9 Å². The zero-order valence-electron chi connectivity index (χ0n) is 10.0. The van der Waals surface area contributed by atoms with E-state index in [-0.39, 0.29) is 5.54 Å². The van der Waals surface area contributed by atoms with Crippen molar-refractivity contribution >= 4 is 0 Å². The van der Waals surface area contributed by atoms with E-state index in [9.17, 15) is 0 Å². The molecular formula is C13H22N2. The van der Waals surface area contributed by atoms with Gasteiger partial charge >= 0.3 is 0 Å². The maximum atomic E-state index is 5.83. The normalized spacial score (nSPS) is 15.3. The Balaban J connectivity index is 2.55. The molecule has 0 saturated heterocycles. The Morgan fingerprint density at radius 1 is 1.20 bits per heavy atom. The van der Waals surface area contributed by atoms with Gasteiger partial charge in [0.25, 0.3) is 0 Å². The van der Waals surface area contributed by atoms with Crippen molar-refractivity contribution in [2.24, 2.45) is 5.73 Å². The monoisotopic (exact) mass is 206 g/mol. The second-order valence-corrected chi connectivity index (χ2v) is 4.58. The summed E-state index contributed by atoms with van der Waals surface area (Å²) in [6.45, 7) is 2.92. The molecule has 0 amide bonds. The van der Waals surface area contributed by atoms with E-state index in [0.29, 0.717) is 6.54 Å². The molecule has 0 heterocycles. The van der Waals surface area contributed by atoms with Gasteiger partial charge in [-0.25, -0.2) is 0 Å². The highest BCUT2D eigenvalue weighted by molar-refractivity contribution is 5.15. The summed E-state index contributed by atoms with van der Waals surface area (Å²) in [5.74, 6) is 0. The zero-order chi connectivity index (χ0) is 11.3. The number of likely N-dealkylation sites (N-methyl/N-ethyl adjacent to an activating group) is 1. The van der Waals surface area contributed by atoms with Crippen molar-refractivity contribution in [1.29, 1.82) is 0 Å². The molecule has 0 bridgehead atoms. The minimum Gasteiger partial charge on any atom is -0.329 e. The molecule has 0 saturated carbocycles. The van der Waals surface area contributed by atoms with Gasteiger partial charge in [0.1, 0.15) is 0 Å². The van der Waals surface area contributed by atoms with Crippen LogP contribution in [0.15, 0.2) is 30.3 Å². The van der Waals surface area contributed by atoms with Gasteiger partial charge in [-0.3, -0.25) is 0 Å². The van der Waals surface area contributed by atoms with Gasteiger partial charge < -0.3 is 10.6 Å². The Hall–Kier alpha value is -0.860. The topological polar surface area (TPSA) is 29.3 Å². The highest BCUT2D eigenvalue weighted by Gasteiger charge is 2.24. The van der Waals surface area contributed by atoms with Crippen molar-refractivity contribution in [3.05, 3.63) is 35.9 Å². The van der Waals surface area contributed by atoms with Crippen molar-refractivity contribution < 1.29 is 0 Å². The first kappa shape index (κ1) is 12.2. The Labute approximate surface area is 93.1 Å². The molecule has 2 heteroatoms. The fourth-order valence-corrected chi connectivity index (χ4v) is 1.57. The summed E-state index contributed by atoms with van der Waals surface area (Å²) in [6, 6.07) is 10.6. The molecule has 0 radical (unpaired) electrons. The highest BCUT2D eigenvalue weighted by atomic mass is 15.1. The molecular weight excluding hydrogens is 184 g/mol. The molecule has 0 spiro atoms. The predicted octanol–water partition coefficient (Wildman–Crippen LogP) is 1.90. The SMILES string of the molecule is CN(C)C(C)(CN)CCc1ccccc1. The third-order valence-electron chi connectivity index (χ3n) is 3.31. The third-order valence-corrected chi connectivity index (χ3v) is 3.31. The molecule has 1 unspecified atom stereocenters. The molecule has 2 N–H and O–H groups in total. The summed E-state index contributed by atoms with van der Waals surface area (Å²) in [5.41, 5.74) is 7.33. The maximum absolute atomic E-state index is 5.83. The van der Waals surface area contributed by atoms with E-state index in [1.165, 1.54) is 5.56 Å². The van der Waals surface area contributed by atoms with Gasteiger partial charge in [0, 0.05) is 12.1 Å². The Bertz CT molecular complexity index is 282. The average molecular weight is 206 g/mol. The molecule has 0 aromatic heterocycles. The lowest BCUT2D eigenvalue weighted by Crippen LogP contribution is -2.47. The van der Waals surface area contributed by atoms with Crippen LogP contribution in [0, 0.1) is 0 Å². The fourth-order valence-electron chi connectivity index (χ4n) is 1.57. The van der Waals surface area contributed by atoms with Crippen molar-refractivity contribution in [2.45, 2.75) is 25.3 Å². The molecule has 1 aromatic rings. The average Bonchev–Trinajstić information content (AvgIpc) is 2.27. The van der Waals surface area contributed by atoms with Crippen LogP contribution in [0.3, 0.4) is 0 Å². The first-order chi connectivity index (χ1) is 7.08. The highest BCUT2D eigenvalue weighted by Crippen LogP contribution is 2.17. The lowest BCUT2D eigenvalue weighted by Gasteiger charge is -2.35. The largest absolute Gasteiger partial charge is 0.329 e. The molecule has 0 aliphatic carbocycles. The second kappa shape index (κ2) is 5.29. The van der Waals surface area contributed by atoms with Crippen LogP contribution in [0.5, 0.6) is 0 Å². The molecule has 0 aliphatic heterocycles. The maximum Gasteiger partial charge on any atom is 0.0300 e. The van der Waals surface area contributed by atoms with Crippen molar-refractivity contribution in [3.63, 3.8) is 0 Å². The van der Waals surface area contributed by atoms with Crippen LogP contribution in [-0.2, 0) is 6.42 Å². The Morgan fingerprint density at radius 3 is 2.27 bits per heavy atom. The van der Waals surface area contributed by atoms with Crippen molar-refractivity contribution in [2.75, 3.05) is 20.6 Å². The Morgan fingerprint density at radius 2 is 1.80 bits per heavy atom. The summed E-state index contributed by atoms with van der Waals surface area (Å²) in [4.78, 5) is 2.22. The number of aryl methyl sites for hydroxylation is 1. The van der Waals surface area contributed by atoms with Crippen LogP contribution in [0.4, 0.5) is 0 Å². The lowest BCUT2D eigenvalue weighted by molar-refractivity contribution is 0.169. The smallest absolute Gasteiger partial charge is 0.0300 e. The quantitative estimate of drug-likeness (QED) is 0.797. The van der Waals surface area contributed by atoms with Crippen LogP contribution >= 0.6 is 0 Å². The van der Waals surface area contributed by atoms with Gasteiger partial charge in [-0.1, -0.05) is 30.3 Å². The van der Waals surface area contributed by atoms with E-state index in [1.807, 2.05) is 0 Å². The summed E-state index contributed by atoms with van der Waals surface area (Å²) in [5, 5.41) is 0. The van der Waals surface area contributed by atoms with Gasteiger partial charge in [0.2, 0.25) is 0 Å². The molecule has 0 fully saturated rings. The number of hydrogen-bond acceptors (Lipinski definition) is 2. The standard InChI is InChI=1S/C13H22N2/c1-13(11-14,15(2)3)10-9-12-7-5-4-6-8-12/h4-8H,9-11,14H2,1-3H3. The molecule has 2 nitrogen and oxygen atoms in total. The number of nitrogens with zero attached hydrogens (tertiary/aromatic N) is 1. The van der Waals surface area contributed by atoms with Gasteiger partial charge in [0.15, 0.2) is 0 Å². The first-order valence-electron chi connectivity index (χ1n) is 5.50. The fraction of sp³-hybridized carbons (Fsp3) is 0.538. The number of benzene rings is 1. The summed E-state index contributed by atoms with van der Waals surface area (Å²) in [7, 11) is 4.19. The van der Waals surface area contributed by atoms with E-state index in [0.717, 1.165) is 12.8 Å². The zero-order valence-corrected chi connectivity index (χ0v) is 10.0. The number of nitrogens with two attached hydrogens (primary N) is 1. The second-order valence-electron chi connectivity index (χ2n) is 4.58. The molecule has 1 rings (SSSR count). The summed E-state index contributed by atoms with van der Waals surface area (Å²) in [6.07, 6.45) is 2.19. The molecule has 1 aromatic carbocycles. The van der Waals surface area contributed by atoms with Gasteiger partial charge in [-0.2, -0.15) is 0 Å². The van der Waals surface area contributed by atoms with Crippen molar-refractivity contribution in [3.8, 4) is 0 Å². The summed E-state index contributed by atoms with van der Waals surface area (Å²) < 4.78 is 0. The van der Waals surface area contributed by atoms with Gasteiger partial charge in [0.05, 0.1) is 0 Å².